The van der Waals surface area contributed by atoms with E-state index in [2.05, 4.69) is 19.8 Å². The summed E-state index contributed by atoms with van der Waals surface area (Å²) in [6, 6.07) is 0.819. The molecule has 214 valence electrons. The molecule has 1 saturated heterocycles. The first kappa shape index (κ1) is 29.0. The number of carbonyl (C=O) groups is 4. The van der Waals surface area contributed by atoms with E-state index in [9.17, 15) is 29.4 Å². The molecule has 16 nitrogen and oxygen atoms in total. The third kappa shape index (κ3) is 5.50. The van der Waals surface area contributed by atoms with Gasteiger partial charge in [-0.25, -0.2) is 9.59 Å². The Morgan fingerprint density at radius 3 is 2.67 bits per heavy atom. The number of β-lactam (4-membered cyclic amide) rings is 1. The first-order valence-electron chi connectivity index (χ1n) is 11.9. The van der Waals surface area contributed by atoms with Gasteiger partial charge in [-0.3, -0.25) is 14.5 Å². The lowest BCUT2D eigenvalue weighted by molar-refractivity contribution is -0.766. The fourth-order valence-electron chi connectivity index (χ4n) is 4.02. The van der Waals surface area contributed by atoms with Crippen LogP contribution >= 0.6 is 23.3 Å². The number of oxime groups is 1. The van der Waals surface area contributed by atoms with Crippen LogP contribution in [-0.4, -0.2) is 87.9 Å². The van der Waals surface area contributed by atoms with Gasteiger partial charge in [0.2, 0.25) is 17.1 Å². The number of nitrogen functional groups attached to an aromatic ring is 1. The van der Waals surface area contributed by atoms with Crippen LogP contribution in [0.5, 0.6) is 0 Å². The second kappa shape index (κ2) is 11.2. The van der Waals surface area contributed by atoms with Crippen LogP contribution in [0.15, 0.2) is 28.7 Å². The molecule has 2 amide bonds. The molecule has 2 aliphatic heterocycles. The lowest BCUT2D eigenvalue weighted by Gasteiger charge is -2.49. The van der Waals surface area contributed by atoms with Crippen LogP contribution < -0.4 is 21.5 Å². The molecule has 2 aliphatic rings. The van der Waals surface area contributed by atoms with Gasteiger partial charge in [0.25, 0.3) is 11.8 Å². The van der Waals surface area contributed by atoms with E-state index in [4.69, 9.17) is 16.3 Å². The zero-order valence-corrected chi connectivity index (χ0v) is 23.4. The van der Waals surface area contributed by atoms with Gasteiger partial charge in [-0.15, -0.1) is 16.4 Å². The number of hydrogen-bond donors (Lipinski definition) is 5. The smallest absolute Gasteiger partial charge is 0.352 e. The van der Waals surface area contributed by atoms with Gasteiger partial charge in [-0.1, -0.05) is 5.16 Å². The standard InChI is InChI=1S/C22H27N9O7S2/c1-22(2,20(36)37)38-27-12(15-26-21(24)40-28-15)16(32)25-13-17(33)31-14(19(34)35)10(9-39-18(13)31)8-30-7-5-11(4-6-23)29(30)3/h5,7,13,18H,4,6,8-9,23H2,1-3H3,(H4-,24,25,26,28,32,34,35,36,37)/p+1/b27-12+. The highest BCUT2D eigenvalue weighted by Gasteiger charge is 2.55. The van der Waals surface area contributed by atoms with E-state index in [-0.39, 0.29) is 23.2 Å². The molecule has 7 N–H and O–H groups in total. The molecule has 0 aromatic carbocycles. The Morgan fingerprint density at radius 1 is 1.35 bits per heavy atom. The minimum Gasteiger partial charge on any atom is -0.478 e. The Hall–Kier alpha value is -4.03. The molecule has 0 radical (unpaired) electrons. The van der Waals surface area contributed by atoms with Gasteiger partial charge in [-0.2, -0.15) is 14.0 Å². The molecule has 0 aliphatic carbocycles. The van der Waals surface area contributed by atoms with Gasteiger partial charge in [-0.05, 0) is 20.4 Å². The molecule has 0 saturated carbocycles. The van der Waals surface area contributed by atoms with E-state index in [1.165, 1.54) is 25.6 Å². The Labute approximate surface area is 235 Å². The molecule has 4 rings (SSSR count). The van der Waals surface area contributed by atoms with Crippen LogP contribution in [0, 0.1) is 0 Å². The van der Waals surface area contributed by atoms with Crippen molar-refractivity contribution in [2.24, 2.45) is 17.9 Å². The zero-order valence-electron chi connectivity index (χ0n) is 21.7. The van der Waals surface area contributed by atoms with E-state index in [1.807, 2.05) is 28.7 Å². The number of carboxylic acids is 2. The summed E-state index contributed by atoms with van der Waals surface area (Å²) in [4.78, 5) is 60.1. The maximum absolute atomic E-state index is 13.2. The number of aliphatic carboxylic acids is 2. The number of fused-ring (bicyclic) bond motifs is 1. The van der Waals surface area contributed by atoms with Crippen molar-refractivity contribution in [3.8, 4) is 0 Å². The van der Waals surface area contributed by atoms with Crippen molar-refractivity contribution in [2.45, 2.75) is 43.8 Å². The predicted molar refractivity (Wildman–Crippen MR) is 142 cm³/mol. The topological polar surface area (TPSA) is 232 Å². The Kier molecular flexibility index (Phi) is 8.13. The summed E-state index contributed by atoms with van der Waals surface area (Å²) in [5.41, 5.74) is 10.4. The summed E-state index contributed by atoms with van der Waals surface area (Å²) in [6.07, 6.45) is 2.48. The van der Waals surface area contributed by atoms with Crippen LogP contribution in [0.25, 0.3) is 0 Å². The molecule has 18 heteroatoms. The van der Waals surface area contributed by atoms with Crippen molar-refractivity contribution >= 4 is 57.9 Å². The number of anilines is 1. The number of amides is 2. The van der Waals surface area contributed by atoms with Gasteiger partial charge >= 0.3 is 11.9 Å². The quantitative estimate of drug-likeness (QED) is 0.0845. The van der Waals surface area contributed by atoms with Gasteiger partial charge < -0.3 is 31.8 Å². The molecule has 1 fully saturated rings. The number of nitrogens with two attached hydrogens (primary N) is 2. The van der Waals surface area contributed by atoms with Crippen molar-refractivity contribution in [1.82, 2.24) is 24.3 Å². The highest BCUT2D eigenvalue weighted by molar-refractivity contribution is 8.00. The van der Waals surface area contributed by atoms with Crippen molar-refractivity contribution < 1.29 is 38.9 Å². The third-order valence-corrected chi connectivity index (χ3v) is 8.16. The molecule has 2 atom stereocenters. The highest BCUT2D eigenvalue weighted by atomic mass is 32.2. The average molecular weight is 595 g/mol. The van der Waals surface area contributed by atoms with Crippen LogP contribution in [0.1, 0.15) is 25.4 Å². The molecule has 40 heavy (non-hydrogen) atoms. The first-order chi connectivity index (χ1) is 18.9. The average Bonchev–Trinajstić information content (AvgIpc) is 3.47. The number of nitrogens with zero attached hydrogens (tertiary/aromatic N) is 6. The molecule has 0 spiro atoms. The summed E-state index contributed by atoms with van der Waals surface area (Å²) >= 11 is 2.08. The van der Waals surface area contributed by atoms with E-state index < -0.39 is 46.5 Å². The number of nitrogens with one attached hydrogen (secondary N) is 1. The number of carbonyl (C=O) groups excluding carboxylic acids is 2. The molecule has 4 heterocycles. The van der Waals surface area contributed by atoms with E-state index >= 15 is 0 Å². The number of thioether (sulfide) groups is 1. The van der Waals surface area contributed by atoms with Crippen LogP contribution in [0.3, 0.4) is 0 Å². The first-order valence-corrected chi connectivity index (χ1v) is 13.7. The highest BCUT2D eigenvalue weighted by Crippen LogP contribution is 2.40. The fourth-order valence-corrected chi connectivity index (χ4v) is 5.79. The van der Waals surface area contributed by atoms with Crippen LogP contribution in [0.2, 0.25) is 0 Å². The van der Waals surface area contributed by atoms with Gasteiger partial charge in [0.1, 0.15) is 17.1 Å². The van der Waals surface area contributed by atoms with Crippen molar-refractivity contribution in [1.29, 1.82) is 0 Å². The maximum atomic E-state index is 13.2. The normalized spacial score (nSPS) is 19.2. The number of rotatable bonds is 11. The summed E-state index contributed by atoms with van der Waals surface area (Å²) in [5, 5.41) is 24.8. The molecule has 2 unspecified atom stereocenters. The third-order valence-electron chi connectivity index (χ3n) is 6.28. The van der Waals surface area contributed by atoms with Gasteiger partial charge in [0.15, 0.2) is 17.9 Å². The fraction of sp³-hybridized carbons (Fsp3) is 0.455. The second-order valence-corrected chi connectivity index (χ2v) is 11.3. The largest absolute Gasteiger partial charge is 0.478 e. The minimum atomic E-state index is -1.78. The number of carboxylic acid groups (broad SMARTS) is 2. The molecular weight excluding hydrogens is 566 g/mol. The van der Waals surface area contributed by atoms with Crippen molar-refractivity contribution in [3.63, 3.8) is 0 Å². The predicted octanol–water partition coefficient (Wildman–Crippen LogP) is -1.73. The number of hydrogen-bond acceptors (Lipinski definition) is 12. The monoisotopic (exact) mass is 594 g/mol. The SMILES string of the molecule is Cn1c(CCN)cc[n+]1CC1=C(C(=O)O)N2C(=O)C(NC(=O)/C(=N/OC(C)(C)C(=O)O)c3nsc(N)n3)C2SC1. The Balaban J connectivity index is 1.55. The summed E-state index contributed by atoms with van der Waals surface area (Å²) < 4.78 is 7.64. The molecular formula is C22H28N9O7S2+. The Bertz CT molecular complexity index is 1430. The minimum absolute atomic E-state index is 0.0248. The van der Waals surface area contributed by atoms with E-state index in [0.29, 0.717) is 24.3 Å². The van der Waals surface area contributed by atoms with Crippen LogP contribution in [0.4, 0.5) is 5.13 Å². The van der Waals surface area contributed by atoms with E-state index in [1.54, 1.807) is 0 Å². The molecule has 2 aromatic heterocycles. The lowest BCUT2D eigenvalue weighted by Crippen LogP contribution is -2.71. The summed E-state index contributed by atoms with van der Waals surface area (Å²) in [7, 11) is 1.84. The number of aromatic nitrogens is 4. The lowest BCUT2D eigenvalue weighted by atomic mass is 10.0. The van der Waals surface area contributed by atoms with Gasteiger partial charge in [0, 0.05) is 35.3 Å². The maximum Gasteiger partial charge on any atom is 0.352 e. The molecule has 2 aromatic rings. The zero-order chi connectivity index (χ0) is 29.4. The van der Waals surface area contributed by atoms with E-state index in [0.717, 1.165) is 22.1 Å². The Morgan fingerprint density at radius 2 is 2.08 bits per heavy atom. The molecule has 0 bridgehead atoms. The second-order valence-electron chi connectivity index (χ2n) is 9.39. The summed E-state index contributed by atoms with van der Waals surface area (Å²) in [5.74, 6) is -4.06. The van der Waals surface area contributed by atoms with Gasteiger partial charge in [0.05, 0.1) is 12.7 Å². The van der Waals surface area contributed by atoms with Crippen molar-refractivity contribution in [3.05, 3.63) is 35.1 Å². The summed E-state index contributed by atoms with van der Waals surface area (Å²) in [6.45, 7) is 3.17. The van der Waals surface area contributed by atoms with Crippen LogP contribution in [-0.2, 0) is 44.0 Å². The van der Waals surface area contributed by atoms with Crippen molar-refractivity contribution in [2.75, 3.05) is 18.0 Å².